The van der Waals surface area contributed by atoms with Crippen molar-refractivity contribution in [2.75, 3.05) is 26.6 Å². The number of esters is 1. The van der Waals surface area contributed by atoms with Crippen molar-refractivity contribution in [3.05, 3.63) is 46.1 Å². The molecule has 1 amide bonds. The Bertz CT molecular complexity index is 939. The molecule has 160 valence electrons. The zero-order valence-electron chi connectivity index (χ0n) is 16.7. The average Bonchev–Trinajstić information content (AvgIpc) is 2.73. The SMILES string of the molecule is COc1cc(C=CC(=O)OC(C)C(=O)Nc2ncc(Cl)cc2Cl)cc(OC)c1OC. The number of nitrogens with one attached hydrogen (secondary N) is 1. The van der Waals surface area contributed by atoms with Gasteiger partial charge in [0, 0.05) is 12.3 Å². The molecule has 0 saturated carbocycles. The minimum atomic E-state index is -1.09. The fourth-order valence-electron chi connectivity index (χ4n) is 2.35. The van der Waals surface area contributed by atoms with E-state index in [-0.39, 0.29) is 10.8 Å². The van der Waals surface area contributed by atoms with Gasteiger partial charge in [-0.15, -0.1) is 0 Å². The van der Waals surface area contributed by atoms with Gasteiger partial charge in [0.15, 0.2) is 23.4 Å². The van der Waals surface area contributed by atoms with Crippen molar-refractivity contribution in [1.82, 2.24) is 4.98 Å². The molecule has 0 spiro atoms. The Labute approximate surface area is 183 Å². The van der Waals surface area contributed by atoms with Gasteiger partial charge in [-0.3, -0.25) is 4.79 Å². The van der Waals surface area contributed by atoms with Gasteiger partial charge < -0.3 is 24.3 Å². The Balaban J connectivity index is 2.03. The number of anilines is 1. The highest BCUT2D eigenvalue weighted by molar-refractivity contribution is 6.36. The molecule has 1 unspecified atom stereocenters. The third kappa shape index (κ3) is 6.01. The van der Waals surface area contributed by atoms with Gasteiger partial charge in [0.1, 0.15) is 0 Å². The van der Waals surface area contributed by atoms with E-state index in [4.69, 9.17) is 42.1 Å². The molecule has 1 heterocycles. The number of hydrogen-bond donors (Lipinski definition) is 1. The molecule has 0 fully saturated rings. The first kappa shape index (κ1) is 23.3. The van der Waals surface area contributed by atoms with Crippen molar-refractivity contribution >= 4 is 47.0 Å². The molecule has 0 aliphatic carbocycles. The van der Waals surface area contributed by atoms with E-state index in [1.54, 1.807) is 12.1 Å². The number of halogens is 2. The average molecular weight is 455 g/mol. The lowest BCUT2D eigenvalue weighted by molar-refractivity contribution is -0.148. The lowest BCUT2D eigenvalue weighted by atomic mass is 10.1. The highest BCUT2D eigenvalue weighted by Crippen LogP contribution is 2.38. The molecule has 1 atom stereocenters. The Hall–Kier alpha value is -2.97. The normalized spacial score (nSPS) is 11.7. The first-order chi connectivity index (χ1) is 14.3. The zero-order valence-corrected chi connectivity index (χ0v) is 18.2. The third-order valence-corrected chi connectivity index (χ3v) is 4.31. The Morgan fingerprint density at radius 1 is 1.07 bits per heavy atom. The predicted molar refractivity (Wildman–Crippen MR) is 114 cm³/mol. The zero-order chi connectivity index (χ0) is 22.3. The minimum absolute atomic E-state index is 0.113. The first-order valence-electron chi connectivity index (χ1n) is 8.59. The lowest BCUT2D eigenvalue weighted by Gasteiger charge is -2.13. The molecule has 0 aliphatic rings. The van der Waals surface area contributed by atoms with Gasteiger partial charge in [-0.05, 0) is 36.8 Å². The van der Waals surface area contributed by atoms with Crippen LogP contribution in [0.4, 0.5) is 5.82 Å². The standard InChI is InChI=1S/C20H20Cl2N2O6/c1-11(20(26)24-19-14(22)9-13(21)10-23-19)30-17(25)6-5-12-7-15(27-2)18(29-4)16(8-12)28-3/h5-11H,1-4H3,(H,23,24,26). The van der Waals surface area contributed by atoms with E-state index in [9.17, 15) is 9.59 Å². The van der Waals surface area contributed by atoms with E-state index in [0.29, 0.717) is 27.8 Å². The molecule has 30 heavy (non-hydrogen) atoms. The molecule has 0 saturated heterocycles. The fourth-order valence-corrected chi connectivity index (χ4v) is 2.78. The molecule has 1 aromatic heterocycles. The van der Waals surface area contributed by atoms with E-state index in [2.05, 4.69) is 10.3 Å². The molecule has 10 heteroatoms. The second kappa shape index (κ2) is 10.7. The number of carbonyl (C=O) groups is 2. The molecule has 1 N–H and O–H groups in total. The monoisotopic (exact) mass is 454 g/mol. The highest BCUT2D eigenvalue weighted by Gasteiger charge is 2.19. The number of aromatic nitrogens is 1. The fraction of sp³-hybridized carbons (Fsp3) is 0.250. The van der Waals surface area contributed by atoms with E-state index >= 15 is 0 Å². The van der Waals surface area contributed by atoms with Crippen LogP contribution < -0.4 is 19.5 Å². The van der Waals surface area contributed by atoms with Crippen molar-refractivity contribution in [2.24, 2.45) is 0 Å². The summed E-state index contributed by atoms with van der Waals surface area (Å²) >= 11 is 11.7. The van der Waals surface area contributed by atoms with Gasteiger partial charge >= 0.3 is 5.97 Å². The van der Waals surface area contributed by atoms with Crippen LogP contribution in [0, 0.1) is 0 Å². The first-order valence-corrected chi connectivity index (χ1v) is 9.35. The minimum Gasteiger partial charge on any atom is -0.493 e. The van der Waals surface area contributed by atoms with Gasteiger partial charge in [-0.1, -0.05) is 23.2 Å². The molecule has 0 aliphatic heterocycles. The summed E-state index contributed by atoms with van der Waals surface area (Å²) in [5, 5.41) is 2.96. The number of benzene rings is 1. The maximum Gasteiger partial charge on any atom is 0.331 e. The summed E-state index contributed by atoms with van der Waals surface area (Å²) in [5.41, 5.74) is 0.607. The van der Waals surface area contributed by atoms with Gasteiger partial charge in [0.05, 0.1) is 31.4 Å². The van der Waals surface area contributed by atoms with Crippen LogP contribution in [0.5, 0.6) is 17.2 Å². The Morgan fingerprint density at radius 3 is 2.23 bits per heavy atom. The topological polar surface area (TPSA) is 96.0 Å². The van der Waals surface area contributed by atoms with Crippen molar-refractivity contribution in [1.29, 1.82) is 0 Å². The van der Waals surface area contributed by atoms with Crippen molar-refractivity contribution in [3.63, 3.8) is 0 Å². The van der Waals surface area contributed by atoms with E-state index < -0.39 is 18.0 Å². The van der Waals surface area contributed by atoms with Crippen LogP contribution >= 0.6 is 23.2 Å². The summed E-state index contributed by atoms with van der Waals surface area (Å²) in [6.07, 6.45) is 2.92. The van der Waals surface area contributed by atoms with Crippen LogP contribution in [0.2, 0.25) is 10.0 Å². The smallest absolute Gasteiger partial charge is 0.331 e. The van der Waals surface area contributed by atoms with E-state index in [1.165, 1.54) is 52.7 Å². The molecule has 8 nitrogen and oxygen atoms in total. The summed E-state index contributed by atoms with van der Waals surface area (Å²) in [5.74, 6) is 0.0964. The molecule has 2 aromatic rings. The maximum absolute atomic E-state index is 12.2. The summed E-state index contributed by atoms with van der Waals surface area (Å²) in [6, 6.07) is 4.76. The highest BCUT2D eigenvalue weighted by atomic mass is 35.5. The Morgan fingerprint density at radius 2 is 1.70 bits per heavy atom. The Kier molecular flexibility index (Phi) is 8.32. The number of methoxy groups -OCH3 is 3. The van der Waals surface area contributed by atoms with Gasteiger partial charge in [0.25, 0.3) is 5.91 Å². The van der Waals surface area contributed by atoms with E-state index in [1.807, 2.05) is 0 Å². The van der Waals surface area contributed by atoms with Gasteiger partial charge in [-0.2, -0.15) is 0 Å². The van der Waals surface area contributed by atoms with Crippen molar-refractivity contribution in [2.45, 2.75) is 13.0 Å². The second-order valence-electron chi connectivity index (χ2n) is 5.84. The van der Waals surface area contributed by atoms with Crippen LogP contribution in [0.15, 0.2) is 30.5 Å². The van der Waals surface area contributed by atoms with Crippen molar-refractivity contribution in [3.8, 4) is 17.2 Å². The van der Waals surface area contributed by atoms with Crippen LogP contribution in [-0.2, 0) is 14.3 Å². The summed E-state index contributed by atoms with van der Waals surface area (Å²) in [4.78, 5) is 28.2. The number of carbonyl (C=O) groups excluding carboxylic acids is 2. The molecule has 1 aromatic carbocycles. The number of amides is 1. The van der Waals surface area contributed by atoms with Crippen LogP contribution in [-0.4, -0.2) is 44.3 Å². The largest absolute Gasteiger partial charge is 0.493 e. The summed E-state index contributed by atoms with van der Waals surface area (Å²) < 4.78 is 20.9. The van der Waals surface area contributed by atoms with Crippen LogP contribution in [0.1, 0.15) is 12.5 Å². The molecule has 0 radical (unpaired) electrons. The third-order valence-electron chi connectivity index (χ3n) is 3.81. The predicted octanol–water partition coefficient (Wildman–Crippen LogP) is 4.00. The quantitative estimate of drug-likeness (QED) is 0.475. The second-order valence-corrected chi connectivity index (χ2v) is 6.69. The van der Waals surface area contributed by atoms with Gasteiger partial charge in [0.2, 0.25) is 5.75 Å². The number of pyridine rings is 1. The number of nitrogens with zero attached hydrogens (tertiary/aromatic N) is 1. The molecule has 2 rings (SSSR count). The number of ether oxygens (including phenoxy) is 4. The van der Waals surface area contributed by atoms with Crippen LogP contribution in [0.3, 0.4) is 0 Å². The summed E-state index contributed by atoms with van der Waals surface area (Å²) in [6.45, 7) is 1.42. The molecule has 0 bridgehead atoms. The number of rotatable bonds is 8. The number of hydrogen-bond acceptors (Lipinski definition) is 7. The maximum atomic E-state index is 12.2. The lowest BCUT2D eigenvalue weighted by Crippen LogP contribution is -2.29. The van der Waals surface area contributed by atoms with Gasteiger partial charge in [-0.25, -0.2) is 9.78 Å². The molecular formula is C20H20Cl2N2O6. The summed E-state index contributed by atoms with van der Waals surface area (Å²) in [7, 11) is 4.47. The van der Waals surface area contributed by atoms with E-state index in [0.717, 1.165) is 0 Å². The van der Waals surface area contributed by atoms with Crippen molar-refractivity contribution < 1.29 is 28.5 Å². The van der Waals surface area contributed by atoms with Crippen LogP contribution in [0.25, 0.3) is 6.08 Å². The molecular weight excluding hydrogens is 435 g/mol.